The molecule has 4 heteroatoms. The summed E-state index contributed by atoms with van der Waals surface area (Å²) in [6.07, 6.45) is 8.19. The van der Waals surface area contributed by atoms with Crippen LogP contribution in [0.15, 0.2) is 24.4 Å². The fourth-order valence-corrected chi connectivity index (χ4v) is 2.84. The SMILES string of the molecule is Nc1n[nH]c(C2CCCCC2)c1-c1ccccn1. The molecule has 0 radical (unpaired) electrons. The first-order chi connectivity index (χ1) is 8.86. The number of nitrogens with zero attached hydrogens (tertiary/aromatic N) is 2. The van der Waals surface area contributed by atoms with E-state index in [1.54, 1.807) is 6.20 Å². The first-order valence-electron chi connectivity index (χ1n) is 6.61. The molecule has 2 aromatic rings. The first kappa shape index (κ1) is 11.3. The highest BCUT2D eigenvalue weighted by Crippen LogP contribution is 2.38. The van der Waals surface area contributed by atoms with E-state index in [2.05, 4.69) is 15.2 Å². The third kappa shape index (κ3) is 1.98. The summed E-state index contributed by atoms with van der Waals surface area (Å²) < 4.78 is 0. The van der Waals surface area contributed by atoms with Crippen LogP contribution in [-0.2, 0) is 0 Å². The van der Waals surface area contributed by atoms with E-state index in [0.717, 1.165) is 11.3 Å². The second-order valence-corrected chi connectivity index (χ2v) is 4.95. The van der Waals surface area contributed by atoms with Crippen LogP contribution in [0.4, 0.5) is 5.82 Å². The van der Waals surface area contributed by atoms with Gasteiger partial charge in [0.25, 0.3) is 0 Å². The van der Waals surface area contributed by atoms with Gasteiger partial charge in [0, 0.05) is 17.8 Å². The van der Waals surface area contributed by atoms with E-state index >= 15 is 0 Å². The van der Waals surface area contributed by atoms with Gasteiger partial charge in [-0.1, -0.05) is 25.3 Å². The van der Waals surface area contributed by atoms with Gasteiger partial charge in [0.2, 0.25) is 0 Å². The first-order valence-corrected chi connectivity index (χ1v) is 6.61. The predicted octanol–water partition coefficient (Wildman–Crippen LogP) is 3.10. The number of anilines is 1. The van der Waals surface area contributed by atoms with Gasteiger partial charge in [-0.3, -0.25) is 10.1 Å². The van der Waals surface area contributed by atoms with E-state index in [0.29, 0.717) is 11.7 Å². The third-order valence-corrected chi connectivity index (χ3v) is 3.76. The van der Waals surface area contributed by atoms with Crippen LogP contribution in [0, 0.1) is 0 Å². The lowest BCUT2D eigenvalue weighted by Crippen LogP contribution is -2.06. The number of aromatic nitrogens is 3. The Morgan fingerprint density at radius 3 is 2.72 bits per heavy atom. The molecule has 0 saturated heterocycles. The van der Waals surface area contributed by atoms with Gasteiger partial charge in [-0.15, -0.1) is 0 Å². The Balaban J connectivity index is 2.01. The van der Waals surface area contributed by atoms with Crippen LogP contribution >= 0.6 is 0 Å². The zero-order valence-corrected chi connectivity index (χ0v) is 10.4. The second kappa shape index (κ2) is 4.80. The number of hydrogen-bond donors (Lipinski definition) is 2. The molecule has 0 bridgehead atoms. The highest BCUT2D eigenvalue weighted by molar-refractivity contribution is 5.73. The van der Waals surface area contributed by atoms with Crippen molar-refractivity contribution in [3.05, 3.63) is 30.1 Å². The van der Waals surface area contributed by atoms with Gasteiger partial charge in [-0.25, -0.2) is 0 Å². The predicted molar refractivity (Wildman–Crippen MR) is 72.1 cm³/mol. The molecule has 2 aromatic heterocycles. The molecular formula is C14H18N4. The summed E-state index contributed by atoms with van der Waals surface area (Å²) in [5.74, 6) is 1.12. The van der Waals surface area contributed by atoms with Gasteiger partial charge in [0.1, 0.15) is 0 Å². The Labute approximate surface area is 107 Å². The van der Waals surface area contributed by atoms with Gasteiger partial charge in [-0.05, 0) is 25.0 Å². The minimum atomic E-state index is 0.556. The van der Waals surface area contributed by atoms with Crippen LogP contribution < -0.4 is 5.73 Å². The van der Waals surface area contributed by atoms with E-state index in [-0.39, 0.29) is 0 Å². The fraction of sp³-hybridized carbons (Fsp3) is 0.429. The molecule has 0 aromatic carbocycles. The molecule has 1 aliphatic carbocycles. The van der Waals surface area contributed by atoms with Gasteiger partial charge in [0.05, 0.1) is 11.3 Å². The van der Waals surface area contributed by atoms with Crippen molar-refractivity contribution in [2.24, 2.45) is 0 Å². The van der Waals surface area contributed by atoms with Crippen LogP contribution in [0.1, 0.15) is 43.7 Å². The molecule has 0 aliphatic heterocycles. The monoisotopic (exact) mass is 242 g/mol. The molecule has 3 rings (SSSR count). The lowest BCUT2D eigenvalue weighted by molar-refractivity contribution is 0.437. The Kier molecular flexibility index (Phi) is 3.00. The molecule has 2 heterocycles. The summed E-state index contributed by atoms with van der Waals surface area (Å²) in [4.78, 5) is 4.40. The lowest BCUT2D eigenvalue weighted by atomic mass is 9.85. The smallest absolute Gasteiger partial charge is 0.154 e. The normalized spacial score (nSPS) is 16.9. The summed E-state index contributed by atoms with van der Waals surface area (Å²) in [5.41, 5.74) is 9.09. The number of H-pyrrole nitrogens is 1. The van der Waals surface area contributed by atoms with Gasteiger partial charge >= 0.3 is 0 Å². The van der Waals surface area contributed by atoms with Gasteiger partial charge in [0.15, 0.2) is 5.82 Å². The van der Waals surface area contributed by atoms with Crippen molar-refractivity contribution in [1.82, 2.24) is 15.2 Å². The Morgan fingerprint density at radius 2 is 2.00 bits per heavy atom. The lowest BCUT2D eigenvalue weighted by Gasteiger charge is -2.21. The zero-order chi connectivity index (χ0) is 12.4. The van der Waals surface area contributed by atoms with E-state index in [1.807, 2.05) is 18.2 Å². The van der Waals surface area contributed by atoms with Crippen molar-refractivity contribution in [3.63, 3.8) is 0 Å². The zero-order valence-electron chi connectivity index (χ0n) is 10.4. The summed E-state index contributed by atoms with van der Waals surface area (Å²) in [7, 11) is 0. The maximum absolute atomic E-state index is 6.00. The van der Waals surface area contributed by atoms with Crippen molar-refractivity contribution < 1.29 is 0 Å². The number of nitrogens with two attached hydrogens (primary N) is 1. The number of nitrogen functional groups attached to an aromatic ring is 1. The Hall–Kier alpha value is -1.84. The van der Waals surface area contributed by atoms with E-state index < -0.39 is 0 Å². The Bertz CT molecular complexity index is 512. The molecular weight excluding hydrogens is 224 g/mol. The molecule has 1 saturated carbocycles. The Morgan fingerprint density at radius 1 is 1.17 bits per heavy atom. The maximum atomic E-state index is 6.00. The molecule has 1 aliphatic rings. The standard InChI is InChI=1S/C14H18N4/c15-14-12(11-8-4-5-9-16-11)13(17-18-14)10-6-2-1-3-7-10/h4-5,8-10H,1-3,6-7H2,(H3,15,17,18). The van der Waals surface area contributed by atoms with Gasteiger partial charge < -0.3 is 5.73 Å². The fourth-order valence-electron chi connectivity index (χ4n) is 2.84. The van der Waals surface area contributed by atoms with Crippen molar-refractivity contribution in [2.45, 2.75) is 38.0 Å². The van der Waals surface area contributed by atoms with Crippen molar-refractivity contribution >= 4 is 5.82 Å². The quantitative estimate of drug-likeness (QED) is 0.850. The largest absolute Gasteiger partial charge is 0.382 e. The van der Waals surface area contributed by atoms with Crippen LogP contribution in [0.25, 0.3) is 11.3 Å². The third-order valence-electron chi connectivity index (χ3n) is 3.76. The van der Waals surface area contributed by atoms with Crippen LogP contribution in [0.2, 0.25) is 0 Å². The molecule has 0 unspecified atom stereocenters. The van der Waals surface area contributed by atoms with E-state index in [1.165, 1.54) is 37.8 Å². The molecule has 0 atom stereocenters. The van der Waals surface area contributed by atoms with E-state index in [9.17, 15) is 0 Å². The number of aromatic amines is 1. The highest BCUT2D eigenvalue weighted by atomic mass is 15.2. The van der Waals surface area contributed by atoms with Crippen molar-refractivity contribution in [3.8, 4) is 11.3 Å². The summed E-state index contributed by atoms with van der Waals surface area (Å²) >= 11 is 0. The second-order valence-electron chi connectivity index (χ2n) is 4.95. The summed E-state index contributed by atoms with van der Waals surface area (Å²) in [6.45, 7) is 0. The summed E-state index contributed by atoms with van der Waals surface area (Å²) in [5, 5.41) is 7.31. The summed E-state index contributed by atoms with van der Waals surface area (Å²) in [6, 6.07) is 5.90. The molecule has 1 fully saturated rings. The van der Waals surface area contributed by atoms with Crippen molar-refractivity contribution in [1.29, 1.82) is 0 Å². The minimum absolute atomic E-state index is 0.556. The van der Waals surface area contributed by atoms with Crippen LogP contribution in [0.5, 0.6) is 0 Å². The topological polar surface area (TPSA) is 67.6 Å². The number of nitrogens with one attached hydrogen (secondary N) is 1. The average molecular weight is 242 g/mol. The minimum Gasteiger partial charge on any atom is -0.382 e. The molecule has 18 heavy (non-hydrogen) atoms. The maximum Gasteiger partial charge on any atom is 0.154 e. The van der Waals surface area contributed by atoms with Gasteiger partial charge in [-0.2, -0.15) is 5.10 Å². The average Bonchev–Trinajstić information content (AvgIpc) is 2.83. The number of rotatable bonds is 2. The molecule has 3 N–H and O–H groups in total. The molecule has 94 valence electrons. The molecule has 4 nitrogen and oxygen atoms in total. The highest BCUT2D eigenvalue weighted by Gasteiger charge is 2.23. The molecule has 0 spiro atoms. The number of pyridine rings is 1. The van der Waals surface area contributed by atoms with Crippen LogP contribution in [0.3, 0.4) is 0 Å². The van der Waals surface area contributed by atoms with Crippen molar-refractivity contribution in [2.75, 3.05) is 5.73 Å². The van der Waals surface area contributed by atoms with E-state index in [4.69, 9.17) is 5.73 Å². The van der Waals surface area contributed by atoms with Crippen LogP contribution in [-0.4, -0.2) is 15.2 Å². The molecule has 0 amide bonds. The number of hydrogen-bond acceptors (Lipinski definition) is 3.